The van der Waals surface area contributed by atoms with Crippen LogP contribution >= 0.6 is 15.9 Å². The molecule has 2 unspecified atom stereocenters. The van der Waals surface area contributed by atoms with E-state index in [0.29, 0.717) is 0 Å². The third-order valence-corrected chi connectivity index (χ3v) is 4.08. The SMILES string of the molecule is NC1CCCCCC1NC(=O)c1cc(Br)ccc1O. The minimum atomic E-state index is -0.263. The van der Waals surface area contributed by atoms with Gasteiger partial charge in [0.15, 0.2) is 0 Å². The number of phenolic OH excluding ortho intramolecular Hbond substituents is 1. The smallest absolute Gasteiger partial charge is 0.255 e. The third kappa shape index (κ3) is 3.70. The van der Waals surface area contributed by atoms with Gasteiger partial charge < -0.3 is 16.2 Å². The standard InChI is InChI=1S/C14H19BrN2O2/c15-9-6-7-13(18)10(8-9)14(19)17-12-5-3-1-2-4-11(12)16/h6-8,11-12,18H,1-5,16H2,(H,17,19). The Morgan fingerprint density at radius 2 is 2.05 bits per heavy atom. The fourth-order valence-corrected chi connectivity index (χ4v) is 2.81. The predicted octanol–water partition coefficient (Wildman–Crippen LogP) is 2.54. The molecular formula is C14H19BrN2O2. The van der Waals surface area contributed by atoms with E-state index in [-0.39, 0.29) is 29.3 Å². The highest BCUT2D eigenvalue weighted by Crippen LogP contribution is 2.23. The van der Waals surface area contributed by atoms with E-state index < -0.39 is 0 Å². The van der Waals surface area contributed by atoms with Gasteiger partial charge in [-0.25, -0.2) is 0 Å². The highest BCUT2D eigenvalue weighted by Gasteiger charge is 2.23. The molecule has 0 spiro atoms. The molecule has 1 aromatic carbocycles. The van der Waals surface area contributed by atoms with Crippen molar-refractivity contribution in [3.63, 3.8) is 0 Å². The number of halogens is 1. The van der Waals surface area contributed by atoms with Gasteiger partial charge in [-0.15, -0.1) is 0 Å². The molecule has 0 radical (unpaired) electrons. The van der Waals surface area contributed by atoms with E-state index in [2.05, 4.69) is 21.2 Å². The van der Waals surface area contributed by atoms with E-state index in [1.165, 1.54) is 12.5 Å². The third-order valence-electron chi connectivity index (χ3n) is 3.59. The minimum absolute atomic E-state index is 0.000691. The summed E-state index contributed by atoms with van der Waals surface area (Å²) in [6.07, 6.45) is 5.22. The van der Waals surface area contributed by atoms with Crippen molar-refractivity contribution in [2.45, 2.75) is 44.2 Å². The van der Waals surface area contributed by atoms with Gasteiger partial charge in [-0.05, 0) is 31.0 Å². The van der Waals surface area contributed by atoms with Crippen LogP contribution in [0.25, 0.3) is 0 Å². The fourth-order valence-electron chi connectivity index (χ4n) is 2.45. The Bertz CT molecular complexity index is 465. The average Bonchev–Trinajstić information content (AvgIpc) is 2.58. The topological polar surface area (TPSA) is 75.3 Å². The lowest BCUT2D eigenvalue weighted by Gasteiger charge is -2.22. The number of carbonyl (C=O) groups is 1. The second-order valence-corrected chi connectivity index (χ2v) is 5.96. The average molecular weight is 327 g/mol. The quantitative estimate of drug-likeness (QED) is 0.731. The molecule has 104 valence electrons. The van der Waals surface area contributed by atoms with Crippen LogP contribution in [0, 0.1) is 0 Å². The Kier molecular flexibility index (Phi) is 4.82. The van der Waals surface area contributed by atoms with Crippen LogP contribution < -0.4 is 11.1 Å². The normalized spacial score (nSPS) is 23.7. The molecule has 0 aromatic heterocycles. The molecule has 19 heavy (non-hydrogen) atoms. The molecule has 0 heterocycles. The summed E-state index contributed by atoms with van der Waals surface area (Å²) in [6.45, 7) is 0. The Balaban J connectivity index is 2.09. The van der Waals surface area contributed by atoms with Crippen molar-refractivity contribution in [2.75, 3.05) is 0 Å². The number of hydrogen-bond acceptors (Lipinski definition) is 3. The summed E-state index contributed by atoms with van der Waals surface area (Å²) in [5, 5.41) is 12.7. The van der Waals surface area contributed by atoms with Crippen molar-refractivity contribution >= 4 is 21.8 Å². The second kappa shape index (κ2) is 6.39. The Labute approximate surface area is 121 Å². The number of carbonyl (C=O) groups excluding carboxylic acids is 1. The van der Waals surface area contributed by atoms with E-state index in [9.17, 15) is 9.90 Å². The highest BCUT2D eigenvalue weighted by molar-refractivity contribution is 9.10. The molecule has 5 heteroatoms. The lowest BCUT2D eigenvalue weighted by molar-refractivity contribution is 0.0926. The largest absolute Gasteiger partial charge is 0.507 e. The number of aromatic hydroxyl groups is 1. The van der Waals surface area contributed by atoms with Crippen molar-refractivity contribution in [3.8, 4) is 5.75 Å². The van der Waals surface area contributed by atoms with Crippen LogP contribution in [0.5, 0.6) is 5.75 Å². The molecular weight excluding hydrogens is 308 g/mol. The van der Waals surface area contributed by atoms with Crippen molar-refractivity contribution < 1.29 is 9.90 Å². The summed E-state index contributed by atoms with van der Waals surface area (Å²) in [5.74, 6) is -0.274. The van der Waals surface area contributed by atoms with Crippen molar-refractivity contribution in [1.82, 2.24) is 5.32 Å². The summed E-state index contributed by atoms with van der Waals surface area (Å²) in [6, 6.07) is 4.82. The summed E-state index contributed by atoms with van der Waals surface area (Å²) >= 11 is 3.30. The van der Waals surface area contributed by atoms with E-state index in [0.717, 1.165) is 30.2 Å². The molecule has 4 nitrogen and oxygen atoms in total. The number of phenols is 1. The zero-order chi connectivity index (χ0) is 13.8. The monoisotopic (exact) mass is 326 g/mol. The summed E-state index contributed by atoms with van der Waals surface area (Å²) < 4.78 is 0.764. The Morgan fingerprint density at radius 3 is 2.84 bits per heavy atom. The van der Waals surface area contributed by atoms with E-state index in [1.54, 1.807) is 12.1 Å². The van der Waals surface area contributed by atoms with Gasteiger partial charge in [-0.2, -0.15) is 0 Å². The first-order chi connectivity index (χ1) is 9.08. The van der Waals surface area contributed by atoms with Gasteiger partial charge in [0.05, 0.1) is 5.56 Å². The number of hydrogen-bond donors (Lipinski definition) is 3. The Morgan fingerprint density at radius 1 is 1.32 bits per heavy atom. The lowest BCUT2D eigenvalue weighted by atomic mass is 10.0. The molecule has 1 aliphatic carbocycles. The summed E-state index contributed by atoms with van der Waals surface area (Å²) in [7, 11) is 0. The van der Waals surface area contributed by atoms with E-state index >= 15 is 0 Å². The number of benzene rings is 1. The van der Waals surface area contributed by atoms with Gasteiger partial charge in [-0.3, -0.25) is 4.79 Å². The van der Waals surface area contributed by atoms with Crippen molar-refractivity contribution in [1.29, 1.82) is 0 Å². The van der Waals surface area contributed by atoms with Gasteiger partial charge in [0.2, 0.25) is 0 Å². The molecule has 0 bridgehead atoms. The van der Waals surface area contributed by atoms with Crippen LogP contribution in [-0.2, 0) is 0 Å². The Hall–Kier alpha value is -1.07. The van der Waals surface area contributed by atoms with Gasteiger partial charge in [-0.1, -0.05) is 35.2 Å². The number of nitrogens with one attached hydrogen (secondary N) is 1. The van der Waals surface area contributed by atoms with Crippen LogP contribution in [0.15, 0.2) is 22.7 Å². The van der Waals surface area contributed by atoms with Crippen LogP contribution in [0.1, 0.15) is 42.5 Å². The molecule has 0 aliphatic heterocycles. The van der Waals surface area contributed by atoms with Gasteiger partial charge >= 0.3 is 0 Å². The van der Waals surface area contributed by atoms with Crippen molar-refractivity contribution in [2.24, 2.45) is 5.73 Å². The first-order valence-electron chi connectivity index (χ1n) is 6.63. The molecule has 2 rings (SSSR count). The second-order valence-electron chi connectivity index (χ2n) is 5.04. The van der Waals surface area contributed by atoms with E-state index in [1.807, 2.05) is 0 Å². The van der Waals surface area contributed by atoms with Crippen LogP contribution in [-0.4, -0.2) is 23.1 Å². The maximum atomic E-state index is 12.2. The maximum Gasteiger partial charge on any atom is 0.255 e. The molecule has 1 fully saturated rings. The molecule has 4 N–H and O–H groups in total. The van der Waals surface area contributed by atoms with Crippen molar-refractivity contribution in [3.05, 3.63) is 28.2 Å². The predicted molar refractivity (Wildman–Crippen MR) is 78.1 cm³/mol. The highest BCUT2D eigenvalue weighted by atomic mass is 79.9. The molecule has 2 atom stereocenters. The number of amides is 1. The first kappa shape index (κ1) is 14.3. The summed E-state index contributed by atoms with van der Waals surface area (Å²) in [4.78, 5) is 12.2. The zero-order valence-electron chi connectivity index (χ0n) is 10.7. The van der Waals surface area contributed by atoms with E-state index in [4.69, 9.17) is 5.73 Å². The van der Waals surface area contributed by atoms with Crippen LogP contribution in [0.4, 0.5) is 0 Å². The van der Waals surface area contributed by atoms with Gasteiger partial charge in [0.25, 0.3) is 5.91 Å². The molecule has 1 saturated carbocycles. The minimum Gasteiger partial charge on any atom is -0.507 e. The zero-order valence-corrected chi connectivity index (χ0v) is 12.3. The first-order valence-corrected chi connectivity index (χ1v) is 7.42. The van der Waals surface area contributed by atoms with Crippen LogP contribution in [0.2, 0.25) is 0 Å². The van der Waals surface area contributed by atoms with Crippen LogP contribution in [0.3, 0.4) is 0 Å². The fraction of sp³-hybridized carbons (Fsp3) is 0.500. The van der Waals surface area contributed by atoms with Gasteiger partial charge in [0.1, 0.15) is 5.75 Å². The molecule has 1 aliphatic rings. The molecule has 1 amide bonds. The molecule has 0 saturated heterocycles. The maximum absolute atomic E-state index is 12.2. The number of rotatable bonds is 2. The molecule has 1 aromatic rings. The van der Waals surface area contributed by atoms with Gasteiger partial charge in [0, 0.05) is 16.6 Å². The number of nitrogens with two attached hydrogens (primary N) is 1. The summed E-state index contributed by atoms with van der Waals surface area (Å²) in [5.41, 5.74) is 6.37. The lowest BCUT2D eigenvalue weighted by Crippen LogP contribution is -2.46.